The van der Waals surface area contributed by atoms with E-state index in [1.54, 1.807) is 35.4 Å². The summed E-state index contributed by atoms with van der Waals surface area (Å²) >= 11 is 1.32. The van der Waals surface area contributed by atoms with E-state index in [4.69, 9.17) is 9.47 Å². The van der Waals surface area contributed by atoms with Crippen molar-refractivity contribution in [3.63, 3.8) is 0 Å². The van der Waals surface area contributed by atoms with Crippen molar-refractivity contribution < 1.29 is 33.4 Å². The SMILES string of the molecule is CC(=O)NC(C)c1cn(CCOc2cc3c(cc2Oc2ccc(C(=O)O)c(F)c2)C(C)(CC(=O)Nc2nccs2)NCC3)nn1. The number of ether oxygens (including phenoxy) is 2. The summed E-state index contributed by atoms with van der Waals surface area (Å²) < 4.78 is 28.3. The van der Waals surface area contributed by atoms with Gasteiger partial charge < -0.3 is 30.5 Å². The summed E-state index contributed by atoms with van der Waals surface area (Å²) in [4.78, 5) is 39.8. The van der Waals surface area contributed by atoms with Crippen LogP contribution in [0.15, 0.2) is 48.1 Å². The third kappa shape index (κ3) is 7.61. The quantitative estimate of drug-likeness (QED) is 0.178. The molecule has 0 bridgehead atoms. The van der Waals surface area contributed by atoms with Crippen molar-refractivity contribution in [3.8, 4) is 17.2 Å². The molecule has 13 nitrogen and oxygen atoms in total. The second kappa shape index (κ2) is 13.4. The first kappa shape index (κ1) is 31.5. The average molecular weight is 638 g/mol. The Morgan fingerprint density at radius 1 is 1.24 bits per heavy atom. The predicted molar refractivity (Wildman–Crippen MR) is 162 cm³/mol. The first-order chi connectivity index (χ1) is 21.5. The van der Waals surface area contributed by atoms with E-state index in [2.05, 4.69) is 31.2 Å². The Morgan fingerprint density at radius 2 is 2.07 bits per heavy atom. The minimum atomic E-state index is -1.39. The number of carboxylic acids is 1. The molecule has 236 valence electrons. The van der Waals surface area contributed by atoms with Gasteiger partial charge in [-0.2, -0.15) is 0 Å². The van der Waals surface area contributed by atoms with E-state index < -0.39 is 22.9 Å². The molecule has 2 amide bonds. The largest absolute Gasteiger partial charge is 0.488 e. The van der Waals surface area contributed by atoms with Gasteiger partial charge in [-0.05, 0) is 55.7 Å². The fourth-order valence-electron chi connectivity index (χ4n) is 5.12. The third-order valence-electron chi connectivity index (χ3n) is 7.26. The van der Waals surface area contributed by atoms with Crippen LogP contribution in [0, 0.1) is 5.82 Å². The average Bonchev–Trinajstić information content (AvgIpc) is 3.66. The minimum absolute atomic E-state index is 0.0714. The molecule has 15 heteroatoms. The summed E-state index contributed by atoms with van der Waals surface area (Å²) in [6, 6.07) is 6.79. The number of rotatable bonds is 12. The highest BCUT2D eigenvalue weighted by Crippen LogP contribution is 2.41. The lowest BCUT2D eigenvalue weighted by atomic mass is 9.81. The Balaban J connectivity index is 1.40. The third-order valence-corrected chi connectivity index (χ3v) is 7.95. The standard InChI is InChI=1S/C30H32FN7O6S/c1-17(34-18(2)39)24-16-38(37-36-24)9-10-43-25-12-19-6-7-33-30(3,15-27(40)35-29-32-8-11-45-29)22(19)14-26(25)44-20-4-5-21(28(41)42)23(31)13-20/h4-5,8,11-14,16-17,33H,6-7,9-10,15H2,1-3H3,(H,34,39)(H,41,42)(H,32,35,40). The number of fused-ring (bicyclic) bond motifs is 1. The molecule has 4 N–H and O–H groups in total. The zero-order chi connectivity index (χ0) is 32.1. The van der Waals surface area contributed by atoms with E-state index in [0.29, 0.717) is 36.1 Å². The first-order valence-electron chi connectivity index (χ1n) is 14.1. The normalized spacial score (nSPS) is 16.4. The van der Waals surface area contributed by atoms with Crippen molar-refractivity contribution >= 4 is 34.3 Å². The summed E-state index contributed by atoms with van der Waals surface area (Å²) in [5.41, 5.74) is 1.10. The van der Waals surface area contributed by atoms with E-state index in [1.165, 1.54) is 24.3 Å². The molecule has 0 fully saturated rings. The number of carbonyl (C=O) groups is 3. The molecule has 2 aromatic heterocycles. The number of aromatic carboxylic acids is 1. The van der Waals surface area contributed by atoms with Gasteiger partial charge in [-0.25, -0.2) is 18.9 Å². The van der Waals surface area contributed by atoms with Gasteiger partial charge in [-0.3, -0.25) is 9.59 Å². The van der Waals surface area contributed by atoms with Crippen LogP contribution in [0.1, 0.15) is 60.4 Å². The van der Waals surface area contributed by atoms with Crippen LogP contribution in [-0.2, 0) is 28.1 Å². The summed E-state index contributed by atoms with van der Waals surface area (Å²) in [6.07, 6.45) is 4.09. The second-order valence-corrected chi connectivity index (χ2v) is 11.6. The van der Waals surface area contributed by atoms with E-state index in [-0.39, 0.29) is 42.4 Å². The monoisotopic (exact) mass is 637 g/mol. The van der Waals surface area contributed by atoms with Gasteiger partial charge >= 0.3 is 5.97 Å². The Kier molecular flexibility index (Phi) is 9.39. The highest BCUT2D eigenvalue weighted by molar-refractivity contribution is 7.13. The fraction of sp³-hybridized carbons (Fsp3) is 0.333. The lowest BCUT2D eigenvalue weighted by molar-refractivity contribution is -0.119. The van der Waals surface area contributed by atoms with Crippen LogP contribution in [0.2, 0.25) is 0 Å². The topological polar surface area (TPSA) is 170 Å². The maximum absolute atomic E-state index is 14.5. The van der Waals surface area contributed by atoms with Gasteiger partial charge in [-0.1, -0.05) is 5.21 Å². The minimum Gasteiger partial charge on any atom is -0.488 e. The zero-order valence-corrected chi connectivity index (χ0v) is 25.6. The van der Waals surface area contributed by atoms with Gasteiger partial charge in [0, 0.05) is 43.1 Å². The lowest BCUT2D eigenvalue weighted by Gasteiger charge is -2.37. The molecule has 0 spiro atoms. The van der Waals surface area contributed by atoms with Gasteiger partial charge in [-0.15, -0.1) is 16.4 Å². The zero-order valence-electron chi connectivity index (χ0n) is 24.8. The highest BCUT2D eigenvalue weighted by Gasteiger charge is 2.35. The summed E-state index contributed by atoms with van der Waals surface area (Å²) in [5, 5.41) is 28.7. The molecule has 4 aromatic rings. The van der Waals surface area contributed by atoms with Crippen molar-refractivity contribution in [1.29, 1.82) is 0 Å². The number of thiazole rings is 1. The van der Waals surface area contributed by atoms with Gasteiger partial charge in [0.15, 0.2) is 16.6 Å². The maximum atomic E-state index is 14.5. The van der Waals surface area contributed by atoms with Crippen molar-refractivity contribution in [3.05, 3.63) is 76.3 Å². The molecule has 0 saturated carbocycles. The summed E-state index contributed by atoms with van der Waals surface area (Å²) in [6.45, 7) is 6.27. The van der Waals surface area contributed by atoms with E-state index in [1.807, 2.05) is 13.0 Å². The molecular formula is C30H32FN7O6S. The number of carbonyl (C=O) groups excluding carboxylic acids is 2. The molecule has 2 atom stereocenters. The van der Waals surface area contributed by atoms with E-state index >= 15 is 0 Å². The Bertz CT molecular complexity index is 1710. The van der Waals surface area contributed by atoms with Gasteiger partial charge in [0.05, 0.1) is 24.3 Å². The van der Waals surface area contributed by atoms with Crippen LogP contribution in [0.5, 0.6) is 17.2 Å². The van der Waals surface area contributed by atoms with Crippen LogP contribution in [-0.4, -0.2) is 56.0 Å². The van der Waals surface area contributed by atoms with Crippen LogP contribution in [0.4, 0.5) is 9.52 Å². The fourth-order valence-corrected chi connectivity index (χ4v) is 5.66. The van der Waals surface area contributed by atoms with E-state index in [9.17, 15) is 23.9 Å². The second-order valence-electron chi connectivity index (χ2n) is 10.8. The molecule has 2 unspecified atom stereocenters. The van der Waals surface area contributed by atoms with Crippen LogP contribution in [0.3, 0.4) is 0 Å². The number of aromatic nitrogens is 4. The van der Waals surface area contributed by atoms with E-state index in [0.717, 1.165) is 23.3 Å². The molecule has 1 aliphatic heterocycles. The number of hydrogen-bond donors (Lipinski definition) is 4. The van der Waals surface area contributed by atoms with Crippen molar-refractivity contribution in [1.82, 2.24) is 30.6 Å². The Labute approximate surface area is 261 Å². The number of benzene rings is 2. The van der Waals surface area contributed by atoms with Gasteiger partial charge in [0.2, 0.25) is 11.8 Å². The lowest BCUT2D eigenvalue weighted by Crippen LogP contribution is -2.47. The maximum Gasteiger partial charge on any atom is 0.338 e. The number of carboxylic acid groups (broad SMARTS) is 1. The molecule has 1 aliphatic rings. The first-order valence-corrected chi connectivity index (χ1v) is 15.0. The molecule has 2 aromatic carbocycles. The van der Waals surface area contributed by atoms with Crippen molar-refractivity contribution in [2.45, 2.75) is 51.7 Å². The number of amides is 2. The predicted octanol–water partition coefficient (Wildman–Crippen LogP) is 4.03. The summed E-state index contributed by atoms with van der Waals surface area (Å²) in [7, 11) is 0. The molecule has 0 saturated heterocycles. The van der Waals surface area contributed by atoms with Gasteiger partial charge in [0.1, 0.15) is 23.9 Å². The molecular weight excluding hydrogens is 605 g/mol. The number of nitrogens with one attached hydrogen (secondary N) is 3. The molecule has 45 heavy (non-hydrogen) atoms. The summed E-state index contributed by atoms with van der Waals surface area (Å²) in [5.74, 6) is -2.03. The van der Waals surface area contributed by atoms with Crippen molar-refractivity contribution in [2.24, 2.45) is 0 Å². The van der Waals surface area contributed by atoms with Crippen LogP contribution < -0.4 is 25.4 Å². The number of nitrogens with zero attached hydrogens (tertiary/aromatic N) is 4. The smallest absolute Gasteiger partial charge is 0.338 e. The molecule has 3 heterocycles. The Morgan fingerprint density at radius 3 is 2.78 bits per heavy atom. The Hall–Kier alpha value is -4.89. The number of anilines is 1. The van der Waals surface area contributed by atoms with Gasteiger partial charge in [0.25, 0.3) is 0 Å². The van der Waals surface area contributed by atoms with Crippen LogP contribution in [0.25, 0.3) is 0 Å². The highest BCUT2D eigenvalue weighted by atomic mass is 32.1. The molecule has 5 rings (SSSR count). The van der Waals surface area contributed by atoms with Crippen LogP contribution >= 0.6 is 11.3 Å². The molecule has 0 aliphatic carbocycles. The number of halogens is 1. The van der Waals surface area contributed by atoms with Crippen molar-refractivity contribution in [2.75, 3.05) is 18.5 Å². The number of hydrogen-bond acceptors (Lipinski definition) is 10. The molecule has 0 radical (unpaired) electrons.